The molecule has 2 amide bonds. The van der Waals surface area contributed by atoms with E-state index in [-0.39, 0.29) is 23.5 Å². The molecule has 0 aromatic heterocycles. The Morgan fingerprint density at radius 1 is 1.07 bits per heavy atom. The van der Waals surface area contributed by atoms with Crippen molar-refractivity contribution in [3.05, 3.63) is 69.5 Å². The molecule has 0 atom stereocenters. The minimum absolute atomic E-state index is 0.0902. The number of rotatable bonds is 5. The Hall–Kier alpha value is -2.11. The summed E-state index contributed by atoms with van der Waals surface area (Å²) in [6.45, 7) is 4.03. The summed E-state index contributed by atoms with van der Waals surface area (Å²) < 4.78 is 13.1. The highest BCUT2D eigenvalue weighted by Gasteiger charge is 2.30. The van der Waals surface area contributed by atoms with Crippen LogP contribution in [0.15, 0.2) is 42.5 Å². The lowest BCUT2D eigenvalue weighted by Gasteiger charge is -2.34. The molecule has 7 heteroatoms. The molecule has 4 nitrogen and oxygen atoms in total. The minimum atomic E-state index is -0.368. The maximum atomic E-state index is 13.1. The normalized spacial score (nSPS) is 14.7. The molecule has 1 saturated heterocycles. The van der Waals surface area contributed by atoms with Crippen molar-refractivity contribution in [3.63, 3.8) is 0 Å². The first kappa shape index (κ1) is 21.6. The molecule has 1 aliphatic heterocycles. The lowest BCUT2D eigenvalue weighted by molar-refractivity contribution is -0.137. The first-order valence-electron chi connectivity index (χ1n) is 9.66. The number of nitrogens with zero attached hydrogens (tertiary/aromatic N) is 2. The van der Waals surface area contributed by atoms with Crippen molar-refractivity contribution in [1.29, 1.82) is 0 Å². The summed E-state index contributed by atoms with van der Waals surface area (Å²) in [5.41, 5.74) is 1.39. The first-order chi connectivity index (χ1) is 13.9. The second-order valence-electron chi connectivity index (χ2n) is 7.17. The molecule has 1 aliphatic rings. The molecule has 1 heterocycles. The largest absolute Gasteiger partial charge is 0.339 e. The smallest absolute Gasteiger partial charge is 0.253 e. The van der Waals surface area contributed by atoms with Crippen molar-refractivity contribution in [2.45, 2.75) is 26.3 Å². The summed E-state index contributed by atoms with van der Waals surface area (Å²) in [6, 6.07) is 10.9. The minimum Gasteiger partial charge on any atom is -0.339 e. The molecule has 0 N–H and O–H groups in total. The van der Waals surface area contributed by atoms with Crippen LogP contribution in [0, 0.1) is 11.7 Å². The van der Waals surface area contributed by atoms with Gasteiger partial charge >= 0.3 is 0 Å². The van der Waals surface area contributed by atoms with Gasteiger partial charge in [-0.25, -0.2) is 4.39 Å². The standard InChI is InChI=1S/C22H23Cl2FN2O2/c1-2-26(14-15-3-8-19(23)20(24)13-15)21(28)17-9-11-27(12-10-17)22(29)16-4-6-18(25)7-5-16/h3-8,13,17H,2,9-12,14H2,1H3. The van der Waals surface area contributed by atoms with Crippen LogP contribution in [0.2, 0.25) is 10.0 Å². The van der Waals surface area contributed by atoms with Crippen molar-refractivity contribution >= 4 is 35.0 Å². The monoisotopic (exact) mass is 436 g/mol. The van der Waals surface area contributed by atoms with Gasteiger partial charge in [0.05, 0.1) is 10.0 Å². The average Bonchev–Trinajstić information content (AvgIpc) is 2.74. The molecular formula is C22H23Cl2FN2O2. The van der Waals surface area contributed by atoms with Crippen molar-refractivity contribution in [1.82, 2.24) is 9.80 Å². The van der Waals surface area contributed by atoms with Gasteiger partial charge < -0.3 is 9.80 Å². The van der Waals surface area contributed by atoms with Gasteiger partial charge in [0.15, 0.2) is 0 Å². The van der Waals surface area contributed by atoms with Crippen molar-refractivity contribution < 1.29 is 14.0 Å². The van der Waals surface area contributed by atoms with Crippen LogP contribution in [0.1, 0.15) is 35.7 Å². The molecule has 0 bridgehead atoms. The van der Waals surface area contributed by atoms with Crippen molar-refractivity contribution in [2.75, 3.05) is 19.6 Å². The third-order valence-corrected chi connectivity index (χ3v) is 6.01. The molecule has 3 rings (SSSR count). The molecule has 1 fully saturated rings. The summed E-state index contributed by atoms with van der Waals surface area (Å²) in [4.78, 5) is 29.1. The summed E-state index contributed by atoms with van der Waals surface area (Å²) in [7, 11) is 0. The molecule has 0 aliphatic carbocycles. The van der Waals surface area contributed by atoms with Crippen LogP contribution in [-0.4, -0.2) is 41.2 Å². The van der Waals surface area contributed by atoms with E-state index in [1.165, 1.54) is 24.3 Å². The fourth-order valence-electron chi connectivity index (χ4n) is 3.57. The van der Waals surface area contributed by atoms with E-state index in [0.717, 1.165) is 5.56 Å². The van der Waals surface area contributed by atoms with Gasteiger partial charge in [-0.1, -0.05) is 29.3 Å². The highest BCUT2D eigenvalue weighted by Crippen LogP contribution is 2.25. The number of likely N-dealkylation sites (tertiary alicyclic amines) is 1. The SMILES string of the molecule is CCN(Cc1ccc(Cl)c(Cl)c1)C(=O)C1CCN(C(=O)c2ccc(F)cc2)CC1. The molecule has 0 spiro atoms. The zero-order valence-corrected chi connectivity index (χ0v) is 17.7. The van der Waals surface area contributed by atoms with Gasteiger partial charge in [0.2, 0.25) is 5.91 Å². The molecule has 0 saturated carbocycles. The first-order valence-corrected chi connectivity index (χ1v) is 10.4. The quantitative estimate of drug-likeness (QED) is 0.658. The zero-order chi connectivity index (χ0) is 21.0. The van der Waals surface area contributed by atoms with Gasteiger partial charge in [0.25, 0.3) is 5.91 Å². The Labute approximate surface area is 180 Å². The average molecular weight is 437 g/mol. The van der Waals surface area contributed by atoms with Crippen molar-refractivity contribution in [2.24, 2.45) is 5.92 Å². The van der Waals surface area contributed by atoms with Gasteiger partial charge in [0.1, 0.15) is 5.82 Å². The van der Waals surface area contributed by atoms with Crippen LogP contribution in [0.25, 0.3) is 0 Å². The van der Waals surface area contributed by atoms with E-state index in [0.29, 0.717) is 54.6 Å². The summed E-state index contributed by atoms with van der Waals surface area (Å²) in [6.07, 6.45) is 1.23. The van der Waals surface area contributed by atoms with Crippen LogP contribution in [-0.2, 0) is 11.3 Å². The zero-order valence-electron chi connectivity index (χ0n) is 16.2. The maximum Gasteiger partial charge on any atom is 0.253 e. The Bertz CT molecular complexity index is 881. The van der Waals surface area contributed by atoms with E-state index in [9.17, 15) is 14.0 Å². The highest BCUT2D eigenvalue weighted by molar-refractivity contribution is 6.42. The van der Waals surface area contributed by atoms with Gasteiger partial charge in [0, 0.05) is 37.7 Å². The molecule has 0 radical (unpaired) electrons. The number of hydrogen-bond acceptors (Lipinski definition) is 2. The third-order valence-electron chi connectivity index (χ3n) is 5.27. The molecule has 0 unspecified atom stereocenters. The van der Waals surface area contributed by atoms with Gasteiger partial charge in [-0.15, -0.1) is 0 Å². The number of benzene rings is 2. The summed E-state index contributed by atoms with van der Waals surface area (Å²) in [5, 5.41) is 0.961. The van der Waals surface area contributed by atoms with Crippen molar-refractivity contribution in [3.8, 4) is 0 Å². The van der Waals surface area contributed by atoms with Gasteiger partial charge in [-0.05, 0) is 61.7 Å². The number of carbonyl (C=O) groups excluding carboxylic acids is 2. The van der Waals surface area contributed by atoms with E-state index >= 15 is 0 Å². The Morgan fingerprint density at radius 2 is 1.72 bits per heavy atom. The lowest BCUT2D eigenvalue weighted by Crippen LogP contribution is -2.44. The fourth-order valence-corrected chi connectivity index (χ4v) is 3.89. The summed E-state index contributed by atoms with van der Waals surface area (Å²) in [5.74, 6) is -0.519. The molecule has 2 aromatic rings. The van der Waals surface area contributed by atoms with E-state index in [1.807, 2.05) is 17.9 Å². The number of hydrogen-bond donors (Lipinski definition) is 0. The molecule has 154 valence electrons. The second-order valence-corrected chi connectivity index (χ2v) is 7.99. The van der Waals surface area contributed by atoms with Gasteiger partial charge in [-0.2, -0.15) is 0 Å². The number of halogens is 3. The number of piperidine rings is 1. The highest BCUT2D eigenvalue weighted by atomic mass is 35.5. The topological polar surface area (TPSA) is 40.6 Å². The Kier molecular flexibility index (Phi) is 7.14. The van der Waals surface area contributed by atoms with Crippen LogP contribution >= 0.6 is 23.2 Å². The fraction of sp³-hybridized carbons (Fsp3) is 0.364. The van der Waals surface area contributed by atoms with E-state index < -0.39 is 0 Å². The Morgan fingerprint density at radius 3 is 2.31 bits per heavy atom. The van der Waals surface area contributed by atoms with Crippen LogP contribution in [0.4, 0.5) is 4.39 Å². The number of carbonyl (C=O) groups is 2. The van der Waals surface area contributed by atoms with E-state index in [4.69, 9.17) is 23.2 Å². The number of amides is 2. The lowest BCUT2D eigenvalue weighted by atomic mass is 9.94. The van der Waals surface area contributed by atoms with E-state index in [1.54, 1.807) is 17.0 Å². The van der Waals surface area contributed by atoms with E-state index in [2.05, 4.69) is 0 Å². The van der Waals surface area contributed by atoms with Gasteiger partial charge in [-0.3, -0.25) is 9.59 Å². The molecule has 2 aromatic carbocycles. The maximum absolute atomic E-state index is 13.1. The summed E-state index contributed by atoms with van der Waals surface area (Å²) >= 11 is 12.0. The van der Waals surface area contributed by atoms with Crippen LogP contribution in [0.3, 0.4) is 0 Å². The molecule has 29 heavy (non-hydrogen) atoms. The van der Waals surface area contributed by atoms with Crippen LogP contribution < -0.4 is 0 Å². The Balaban J connectivity index is 1.58. The third kappa shape index (κ3) is 5.28. The predicted molar refractivity (Wildman–Crippen MR) is 113 cm³/mol. The van der Waals surface area contributed by atoms with Crippen LogP contribution in [0.5, 0.6) is 0 Å². The second kappa shape index (κ2) is 9.59. The molecular weight excluding hydrogens is 414 g/mol. The predicted octanol–water partition coefficient (Wildman–Crippen LogP) is 5.03.